The highest BCUT2D eigenvalue weighted by Gasteiger charge is 2.08. The number of rotatable bonds is 7. The molecule has 0 amide bonds. The Morgan fingerprint density at radius 3 is 2.62 bits per heavy atom. The van der Waals surface area contributed by atoms with E-state index in [1.165, 1.54) is 0 Å². The van der Waals surface area contributed by atoms with Gasteiger partial charge in [-0.25, -0.2) is 9.78 Å². The SMILES string of the molecule is CCCc1nc(C)c(CNCc2ccc(C(=O)O)cc2)o1. The number of carbonyl (C=O) groups is 1. The van der Waals surface area contributed by atoms with Crippen molar-refractivity contribution in [1.82, 2.24) is 10.3 Å². The van der Waals surface area contributed by atoms with Crippen molar-refractivity contribution in [2.75, 3.05) is 0 Å². The molecule has 0 saturated carbocycles. The summed E-state index contributed by atoms with van der Waals surface area (Å²) < 4.78 is 5.69. The van der Waals surface area contributed by atoms with Gasteiger partial charge in [0, 0.05) is 13.0 Å². The van der Waals surface area contributed by atoms with Gasteiger partial charge < -0.3 is 14.8 Å². The third-order valence-electron chi connectivity index (χ3n) is 3.22. The molecule has 0 radical (unpaired) electrons. The van der Waals surface area contributed by atoms with Crippen molar-refractivity contribution < 1.29 is 14.3 Å². The van der Waals surface area contributed by atoms with E-state index in [1.807, 2.05) is 19.1 Å². The standard InChI is InChI=1S/C16H20N2O3/c1-3-4-15-18-11(2)14(21-15)10-17-9-12-5-7-13(8-6-12)16(19)20/h5-8,17H,3-4,9-10H2,1-2H3,(H,19,20). The van der Waals surface area contributed by atoms with Gasteiger partial charge in [0.15, 0.2) is 5.89 Å². The minimum Gasteiger partial charge on any atom is -0.478 e. The smallest absolute Gasteiger partial charge is 0.335 e. The van der Waals surface area contributed by atoms with Crippen molar-refractivity contribution in [3.63, 3.8) is 0 Å². The number of hydrogen-bond acceptors (Lipinski definition) is 4. The molecule has 2 aromatic rings. The lowest BCUT2D eigenvalue weighted by Crippen LogP contribution is -2.13. The van der Waals surface area contributed by atoms with Gasteiger partial charge in [0.2, 0.25) is 0 Å². The summed E-state index contributed by atoms with van der Waals surface area (Å²) in [5.41, 5.74) is 2.26. The number of hydrogen-bond donors (Lipinski definition) is 2. The van der Waals surface area contributed by atoms with Crippen LogP contribution in [-0.2, 0) is 19.5 Å². The van der Waals surface area contributed by atoms with Gasteiger partial charge in [0.05, 0.1) is 17.8 Å². The number of oxazole rings is 1. The van der Waals surface area contributed by atoms with Gasteiger partial charge in [0.1, 0.15) is 5.76 Å². The molecular weight excluding hydrogens is 268 g/mol. The summed E-state index contributed by atoms with van der Waals surface area (Å²) >= 11 is 0. The molecule has 0 atom stereocenters. The second-order valence-electron chi connectivity index (χ2n) is 4.97. The molecule has 1 aromatic heterocycles. The van der Waals surface area contributed by atoms with Crippen LogP contribution in [0.3, 0.4) is 0 Å². The molecule has 2 rings (SSSR count). The molecular formula is C16H20N2O3. The van der Waals surface area contributed by atoms with E-state index < -0.39 is 5.97 Å². The number of nitrogens with one attached hydrogen (secondary N) is 1. The normalized spacial score (nSPS) is 10.8. The maximum atomic E-state index is 10.8. The number of carboxylic acid groups (broad SMARTS) is 1. The van der Waals surface area contributed by atoms with E-state index in [9.17, 15) is 4.79 Å². The van der Waals surface area contributed by atoms with Crippen LogP contribution in [-0.4, -0.2) is 16.1 Å². The quantitative estimate of drug-likeness (QED) is 0.819. The molecule has 0 aliphatic rings. The number of aryl methyl sites for hydroxylation is 2. The summed E-state index contributed by atoms with van der Waals surface area (Å²) in [6, 6.07) is 6.84. The van der Waals surface area contributed by atoms with Crippen molar-refractivity contribution in [2.45, 2.75) is 39.8 Å². The molecule has 2 N–H and O–H groups in total. The molecule has 5 heteroatoms. The fourth-order valence-electron chi connectivity index (χ4n) is 2.06. The highest BCUT2D eigenvalue weighted by Crippen LogP contribution is 2.12. The average Bonchev–Trinajstić information content (AvgIpc) is 2.80. The van der Waals surface area contributed by atoms with Crippen LogP contribution in [0, 0.1) is 6.92 Å². The molecule has 5 nitrogen and oxygen atoms in total. The molecule has 0 spiro atoms. The molecule has 0 saturated heterocycles. The van der Waals surface area contributed by atoms with Gasteiger partial charge in [-0.2, -0.15) is 0 Å². The highest BCUT2D eigenvalue weighted by atomic mass is 16.4. The number of nitrogens with zero attached hydrogens (tertiary/aromatic N) is 1. The molecule has 0 aliphatic carbocycles. The van der Waals surface area contributed by atoms with Crippen LogP contribution in [0.15, 0.2) is 28.7 Å². The first-order chi connectivity index (χ1) is 10.1. The van der Waals surface area contributed by atoms with E-state index in [4.69, 9.17) is 9.52 Å². The van der Waals surface area contributed by atoms with Gasteiger partial charge >= 0.3 is 5.97 Å². The van der Waals surface area contributed by atoms with E-state index in [0.717, 1.165) is 35.7 Å². The fourth-order valence-corrected chi connectivity index (χ4v) is 2.06. The monoisotopic (exact) mass is 288 g/mol. The second kappa shape index (κ2) is 7.04. The summed E-state index contributed by atoms with van der Waals surface area (Å²) in [7, 11) is 0. The summed E-state index contributed by atoms with van der Waals surface area (Å²) in [4.78, 5) is 15.2. The molecule has 0 unspecified atom stereocenters. The lowest BCUT2D eigenvalue weighted by molar-refractivity contribution is 0.0697. The van der Waals surface area contributed by atoms with E-state index in [0.29, 0.717) is 18.7 Å². The summed E-state index contributed by atoms with van der Waals surface area (Å²) in [6.45, 7) is 5.31. The zero-order valence-electron chi connectivity index (χ0n) is 12.3. The Morgan fingerprint density at radius 2 is 2.00 bits per heavy atom. The Bertz CT molecular complexity index is 602. The molecule has 21 heavy (non-hydrogen) atoms. The van der Waals surface area contributed by atoms with Crippen LogP contribution in [0.4, 0.5) is 0 Å². The number of carboxylic acids is 1. The van der Waals surface area contributed by atoms with Crippen molar-refractivity contribution in [2.24, 2.45) is 0 Å². The average molecular weight is 288 g/mol. The molecule has 112 valence electrons. The Kier molecular flexibility index (Phi) is 5.11. The summed E-state index contributed by atoms with van der Waals surface area (Å²) in [5, 5.41) is 12.1. The number of aromatic nitrogens is 1. The fraction of sp³-hybridized carbons (Fsp3) is 0.375. The molecule has 0 fully saturated rings. The second-order valence-corrected chi connectivity index (χ2v) is 4.97. The maximum Gasteiger partial charge on any atom is 0.335 e. The first-order valence-electron chi connectivity index (χ1n) is 7.08. The van der Waals surface area contributed by atoms with E-state index in [-0.39, 0.29) is 0 Å². The maximum absolute atomic E-state index is 10.8. The number of benzene rings is 1. The van der Waals surface area contributed by atoms with Gasteiger partial charge in [0.25, 0.3) is 0 Å². The zero-order chi connectivity index (χ0) is 15.2. The molecule has 1 aromatic carbocycles. The minimum absolute atomic E-state index is 0.300. The molecule has 1 heterocycles. The largest absolute Gasteiger partial charge is 0.478 e. The van der Waals surface area contributed by atoms with E-state index in [1.54, 1.807) is 12.1 Å². The van der Waals surface area contributed by atoms with Crippen LogP contribution in [0.5, 0.6) is 0 Å². The Hall–Kier alpha value is -2.14. The van der Waals surface area contributed by atoms with Crippen molar-refractivity contribution in [3.05, 3.63) is 52.7 Å². The lowest BCUT2D eigenvalue weighted by atomic mass is 10.1. The van der Waals surface area contributed by atoms with Gasteiger partial charge in [-0.15, -0.1) is 0 Å². The van der Waals surface area contributed by atoms with Crippen LogP contribution < -0.4 is 5.32 Å². The van der Waals surface area contributed by atoms with E-state index >= 15 is 0 Å². The predicted molar refractivity (Wildman–Crippen MR) is 79.2 cm³/mol. The minimum atomic E-state index is -0.907. The van der Waals surface area contributed by atoms with Crippen LogP contribution in [0.25, 0.3) is 0 Å². The van der Waals surface area contributed by atoms with Gasteiger partial charge in [-0.05, 0) is 31.0 Å². The highest BCUT2D eigenvalue weighted by molar-refractivity contribution is 5.87. The Morgan fingerprint density at radius 1 is 1.29 bits per heavy atom. The third kappa shape index (κ3) is 4.16. The van der Waals surface area contributed by atoms with Crippen LogP contribution in [0.2, 0.25) is 0 Å². The van der Waals surface area contributed by atoms with Gasteiger partial charge in [-0.3, -0.25) is 0 Å². The van der Waals surface area contributed by atoms with Crippen molar-refractivity contribution in [3.8, 4) is 0 Å². The summed E-state index contributed by atoms with van der Waals surface area (Å²) in [5.74, 6) is 0.744. The first kappa shape index (κ1) is 15.3. The lowest BCUT2D eigenvalue weighted by Gasteiger charge is -2.04. The Labute approximate surface area is 124 Å². The number of aromatic carboxylic acids is 1. The first-order valence-corrected chi connectivity index (χ1v) is 7.08. The van der Waals surface area contributed by atoms with Crippen LogP contribution >= 0.6 is 0 Å². The zero-order valence-corrected chi connectivity index (χ0v) is 12.3. The molecule has 0 bridgehead atoms. The topological polar surface area (TPSA) is 75.4 Å². The molecule has 0 aliphatic heterocycles. The van der Waals surface area contributed by atoms with Crippen molar-refractivity contribution in [1.29, 1.82) is 0 Å². The summed E-state index contributed by atoms with van der Waals surface area (Å²) in [6.07, 6.45) is 1.88. The van der Waals surface area contributed by atoms with Gasteiger partial charge in [-0.1, -0.05) is 19.1 Å². The van der Waals surface area contributed by atoms with E-state index in [2.05, 4.69) is 17.2 Å². The van der Waals surface area contributed by atoms with Crippen LogP contribution in [0.1, 0.15) is 46.6 Å². The third-order valence-corrected chi connectivity index (χ3v) is 3.22. The van der Waals surface area contributed by atoms with Crippen molar-refractivity contribution >= 4 is 5.97 Å². The predicted octanol–water partition coefficient (Wildman–Crippen LogP) is 2.92. The Balaban J connectivity index is 1.87.